The SMILES string of the molecule is CC(C)(C)C(=O)N1CCN(c2nc(NC3COC3)cc(C(=O)NC[C@H](O)CN3CCc4ccccc4C3)n2)CC1. The maximum absolute atomic E-state index is 13.2. The summed E-state index contributed by atoms with van der Waals surface area (Å²) in [6.07, 6.45) is 0.257. The van der Waals surface area contributed by atoms with E-state index in [0.717, 1.165) is 19.5 Å². The van der Waals surface area contributed by atoms with Gasteiger partial charge in [-0.3, -0.25) is 14.5 Å². The van der Waals surface area contributed by atoms with Crippen LogP contribution in [0, 0.1) is 5.41 Å². The molecule has 11 nitrogen and oxygen atoms in total. The van der Waals surface area contributed by atoms with Gasteiger partial charge in [0, 0.05) is 63.8 Å². The Hall–Kier alpha value is -3.28. The highest BCUT2D eigenvalue weighted by Crippen LogP contribution is 2.22. The maximum Gasteiger partial charge on any atom is 0.270 e. The zero-order valence-corrected chi connectivity index (χ0v) is 23.7. The maximum atomic E-state index is 13.2. The van der Waals surface area contributed by atoms with Gasteiger partial charge < -0.3 is 30.3 Å². The molecule has 2 aromatic rings. The second-order valence-electron chi connectivity index (χ2n) is 12.0. The summed E-state index contributed by atoms with van der Waals surface area (Å²) in [6, 6.07) is 10.2. The largest absolute Gasteiger partial charge is 0.390 e. The molecule has 4 heterocycles. The minimum absolute atomic E-state index is 0.126. The summed E-state index contributed by atoms with van der Waals surface area (Å²) in [5, 5.41) is 16.9. The van der Waals surface area contributed by atoms with Crippen molar-refractivity contribution in [3.63, 3.8) is 0 Å². The van der Waals surface area contributed by atoms with Crippen molar-refractivity contribution in [1.82, 2.24) is 25.1 Å². The van der Waals surface area contributed by atoms with E-state index in [2.05, 4.69) is 43.7 Å². The summed E-state index contributed by atoms with van der Waals surface area (Å²) in [4.78, 5) is 41.2. The van der Waals surface area contributed by atoms with Gasteiger partial charge in [0.15, 0.2) is 0 Å². The fourth-order valence-electron chi connectivity index (χ4n) is 5.25. The number of aromatic nitrogens is 2. The van der Waals surface area contributed by atoms with Gasteiger partial charge in [0.25, 0.3) is 5.91 Å². The zero-order chi connectivity index (χ0) is 28.3. The van der Waals surface area contributed by atoms with Gasteiger partial charge >= 0.3 is 0 Å². The molecule has 0 saturated carbocycles. The lowest BCUT2D eigenvalue weighted by Gasteiger charge is -2.37. The predicted octanol–water partition coefficient (Wildman–Crippen LogP) is 1.13. The van der Waals surface area contributed by atoms with E-state index in [4.69, 9.17) is 4.74 Å². The van der Waals surface area contributed by atoms with E-state index in [1.807, 2.05) is 36.6 Å². The Kier molecular flexibility index (Phi) is 8.53. The van der Waals surface area contributed by atoms with Gasteiger partial charge in [0.05, 0.1) is 25.4 Å². The fraction of sp³-hybridized carbons (Fsp3) is 0.586. The second kappa shape index (κ2) is 12.1. The molecule has 0 bridgehead atoms. The van der Waals surface area contributed by atoms with Crippen LogP contribution in [0.5, 0.6) is 0 Å². The highest BCUT2D eigenvalue weighted by molar-refractivity contribution is 5.93. The van der Waals surface area contributed by atoms with Crippen molar-refractivity contribution in [2.24, 2.45) is 5.41 Å². The number of carbonyl (C=O) groups excluding carboxylic acids is 2. The van der Waals surface area contributed by atoms with Crippen LogP contribution in [-0.4, -0.2) is 108 Å². The number of nitrogens with zero attached hydrogens (tertiary/aromatic N) is 5. The molecule has 0 spiro atoms. The molecular weight excluding hydrogens is 510 g/mol. The molecule has 0 aliphatic carbocycles. The lowest BCUT2D eigenvalue weighted by molar-refractivity contribution is -0.139. The van der Waals surface area contributed by atoms with Gasteiger partial charge in [-0.2, -0.15) is 4.98 Å². The Bertz CT molecular complexity index is 1210. The minimum Gasteiger partial charge on any atom is -0.390 e. The molecule has 11 heteroatoms. The van der Waals surface area contributed by atoms with Gasteiger partial charge in [-0.1, -0.05) is 45.0 Å². The Balaban J connectivity index is 1.20. The highest BCUT2D eigenvalue weighted by Gasteiger charge is 2.31. The number of fused-ring (bicyclic) bond motifs is 1. The Morgan fingerprint density at radius 3 is 2.48 bits per heavy atom. The zero-order valence-electron chi connectivity index (χ0n) is 23.7. The normalized spacial score (nSPS) is 19.0. The van der Waals surface area contributed by atoms with Crippen molar-refractivity contribution in [1.29, 1.82) is 0 Å². The standard InChI is InChI=1S/C29H41N7O4/c1-29(2,3)27(39)35-10-12-36(13-11-35)28-32-24(14-25(33-28)31-22-18-40-19-22)26(38)30-15-23(37)17-34-9-8-20-6-4-5-7-21(20)16-34/h4-7,14,22-23,37H,8-13,15-19H2,1-3H3,(H,30,38)(H,31,32,33)/t23-/m0/s1. The van der Waals surface area contributed by atoms with Crippen LogP contribution in [0.1, 0.15) is 42.4 Å². The van der Waals surface area contributed by atoms with Gasteiger partial charge in [-0.25, -0.2) is 4.98 Å². The number of nitrogens with one attached hydrogen (secondary N) is 2. The number of benzene rings is 1. The van der Waals surface area contributed by atoms with Gasteiger partial charge in [0.2, 0.25) is 11.9 Å². The molecule has 0 radical (unpaired) electrons. The number of rotatable bonds is 8. The molecule has 1 atom stereocenters. The number of aliphatic hydroxyl groups is 1. The lowest BCUT2D eigenvalue weighted by Crippen LogP contribution is -2.52. The number of piperazine rings is 1. The van der Waals surface area contributed by atoms with Crippen molar-refractivity contribution in [2.75, 3.05) is 69.2 Å². The monoisotopic (exact) mass is 551 g/mol. The van der Waals surface area contributed by atoms with Crippen LogP contribution in [0.2, 0.25) is 0 Å². The number of hydrogen-bond acceptors (Lipinski definition) is 9. The molecule has 2 amide bonds. The topological polar surface area (TPSA) is 123 Å². The molecular formula is C29H41N7O4. The van der Waals surface area contributed by atoms with E-state index in [1.165, 1.54) is 11.1 Å². The molecule has 5 rings (SSSR count). The molecule has 1 aromatic carbocycles. The lowest BCUT2D eigenvalue weighted by atomic mass is 9.94. The van der Waals surface area contributed by atoms with Crippen LogP contribution < -0.4 is 15.5 Å². The molecule has 2 saturated heterocycles. The van der Waals surface area contributed by atoms with Crippen molar-refractivity contribution >= 4 is 23.6 Å². The van der Waals surface area contributed by atoms with Crippen molar-refractivity contribution in [3.8, 4) is 0 Å². The van der Waals surface area contributed by atoms with Crippen LogP contribution in [0.25, 0.3) is 0 Å². The Morgan fingerprint density at radius 2 is 1.80 bits per heavy atom. The average molecular weight is 552 g/mol. The van der Waals surface area contributed by atoms with Crippen LogP contribution in [0.15, 0.2) is 30.3 Å². The molecule has 0 unspecified atom stereocenters. The van der Waals surface area contributed by atoms with Crippen LogP contribution >= 0.6 is 0 Å². The number of anilines is 2. The quantitative estimate of drug-likeness (QED) is 0.443. The molecule has 3 N–H and O–H groups in total. The molecule has 3 aliphatic rings. The van der Waals surface area contributed by atoms with Gasteiger partial charge in [-0.05, 0) is 17.5 Å². The van der Waals surface area contributed by atoms with Crippen LogP contribution in [-0.2, 0) is 22.5 Å². The number of ether oxygens (including phenoxy) is 1. The number of hydrogen-bond donors (Lipinski definition) is 3. The molecule has 3 aliphatic heterocycles. The van der Waals surface area contributed by atoms with E-state index in [0.29, 0.717) is 57.7 Å². The van der Waals surface area contributed by atoms with Crippen LogP contribution in [0.4, 0.5) is 11.8 Å². The van der Waals surface area contributed by atoms with E-state index >= 15 is 0 Å². The van der Waals surface area contributed by atoms with E-state index < -0.39 is 11.5 Å². The van der Waals surface area contributed by atoms with Gasteiger partial charge in [0.1, 0.15) is 11.5 Å². The van der Waals surface area contributed by atoms with Crippen molar-refractivity contribution in [2.45, 2.75) is 45.9 Å². The summed E-state index contributed by atoms with van der Waals surface area (Å²) in [5.74, 6) is 0.775. The van der Waals surface area contributed by atoms with E-state index in [-0.39, 0.29) is 30.1 Å². The highest BCUT2D eigenvalue weighted by atomic mass is 16.5. The third-order valence-corrected chi connectivity index (χ3v) is 7.61. The summed E-state index contributed by atoms with van der Waals surface area (Å²) in [5.41, 5.74) is 2.46. The third-order valence-electron chi connectivity index (χ3n) is 7.61. The van der Waals surface area contributed by atoms with Crippen molar-refractivity contribution < 1.29 is 19.4 Å². The number of aliphatic hydroxyl groups excluding tert-OH is 1. The Morgan fingerprint density at radius 1 is 1.07 bits per heavy atom. The summed E-state index contributed by atoms with van der Waals surface area (Å²) in [6.45, 7) is 11.5. The first kappa shape index (κ1) is 28.3. The summed E-state index contributed by atoms with van der Waals surface area (Å²) in [7, 11) is 0. The Labute approximate surface area is 235 Å². The average Bonchev–Trinajstić information content (AvgIpc) is 2.92. The first-order valence-corrected chi connectivity index (χ1v) is 14.2. The van der Waals surface area contributed by atoms with E-state index in [9.17, 15) is 14.7 Å². The first-order valence-electron chi connectivity index (χ1n) is 14.2. The summed E-state index contributed by atoms with van der Waals surface area (Å²) < 4.78 is 5.27. The van der Waals surface area contributed by atoms with Crippen molar-refractivity contribution in [3.05, 3.63) is 47.2 Å². The van der Waals surface area contributed by atoms with Crippen LogP contribution in [0.3, 0.4) is 0 Å². The third kappa shape index (κ3) is 6.89. The molecule has 1 aromatic heterocycles. The first-order chi connectivity index (χ1) is 19.2. The second-order valence-corrected chi connectivity index (χ2v) is 12.0. The summed E-state index contributed by atoms with van der Waals surface area (Å²) >= 11 is 0. The smallest absolute Gasteiger partial charge is 0.270 e. The molecule has 216 valence electrons. The van der Waals surface area contributed by atoms with Gasteiger partial charge in [-0.15, -0.1) is 0 Å². The number of β-amino-alcohol motifs (C(OH)–C–C–N with tert-alkyl or cyclic N) is 1. The minimum atomic E-state index is -0.700. The molecule has 40 heavy (non-hydrogen) atoms. The number of amides is 2. The number of carbonyl (C=O) groups is 2. The fourth-order valence-corrected chi connectivity index (χ4v) is 5.25. The predicted molar refractivity (Wildman–Crippen MR) is 152 cm³/mol. The molecule has 2 fully saturated rings. The van der Waals surface area contributed by atoms with E-state index in [1.54, 1.807) is 6.07 Å².